The summed E-state index contributed by atoms with van der Waals surface area (Å²) >= 11 is 0. The van der Waals surface area contributed by atoms with E-state index in [2.05, 4.69) is 20.1 Å². The molecule has 0 saturated carbocycles. The second kappa shape index (κ2) is 5.46. The minimum atomic E-state index is 0.320. The van der Waals surface area contributed by atoms with Crippen LogP contribution in [0.4, 0.5) is 0 Å². The van der Waals surface area contributed by atoms with Crippen molar-refractivity contribution in [2.45, 2.75) is 19.1 Å². The average Bonchev–Trinajstić information content (AvgIpc) is 3.09. The van der Waals surface area contributed by atoms with Gasteiger partial charge in [-0.2, -0.15) is 0 Å². The van der Waals surface area contributed by atoms with Gasteiger partial charge >= 0.3 is 0 Å². The van der Waals surface area contributed by atoms with Gasteiger partial charge in [0, 0.05) is 32.6 Å². The van der Waals surface area contributed by atoms with Crippen molar-refractivity contribution in [2.24, 2.45) is 0 Å². The Hall–Kier alpha value is -1.79. The minimum absolute atomic E-state index is 0.320. The summed E-state index contributed by atoms with van der Waals surface area (Å²) in [5.41, 5.74) is 0.845. The third-order valence-corrected chi connectivity index (χ3v) is 3.30. The van der Waals surface area contributed by atoms with E-state index in [9.17, 15) is 0 Å². The van der Waals surface area contributed by atoms with Gasteiger partial charge in [0.05, 0.1) is 18.2 Å². The quantitative estimate of drug-likeness (QED) is 0.827. The summed E-state index contributed by atoms with van der Waals surface area (Å²) in [6, 6.07) is 3.75. The molecule has 0 bridgehead atoms. The SMILES string of the molecule is COC1CCN(Cc2nnc(-c3cccnc3)o2)C1. The van der Waals surface area contributed by atoms with Gasteiger partial charge < -0.3 is 9.15 Å². The van der Waals surface area contributed by atoms with Crippen LogP contribution in [-0.2, 0) is 11.3 Å². The first kappa shape index (κ1) is 12.3. The van der Waals surface area contributed by atoms with Crippen molar-refractivity contribution in [3.05, 3.63) is 30.4 Å². The molecule has 2 aromatic heterocycles. The van der Waals surface area contributed by atoms with Crippen LogP contribution in [0, 0.1) is 0 Å². The predicted molar refractivity (Wildman–Crippen MR) is 68.2 cm³/mol. The molecular weight excluding hydrogens is 244 g/mol. The van der Waals surface area contributed by atoms with E-state index in [-0.39, 0.29) is 0 Å². The maximum absolute atomic E-state index is 5.66. The topological polar surface area (TPSA) is 64.3 Å². The van der Waals surface area contributed by atoms with Gasteiger partial charge in [0.25, 0.3) is 0 Å². The molecule has 6 nitrogen and oxygen atoms in total. The number of hydrogen-bond donors (Lipinski definition) is 0. The molecule has 19 heavy (non-hydrogen) atoms. The molecule has 100 valence electrons. The van der Waals surface area contributed by atoms with E-state index in [0.717, 1.165) is 25.1 Å². The van der Waals surface area contributed by atoms with Gasteiger partial charge in [0.1, 0.15) is 0 Å². The lowest BCUT2D eigenvalue weighted by molar-refractivity contribution is 0.106. The number of methoxy groups -OCH3 is 1. The van der Waals surface area contributed by atoms with Crippen molar-refractivity contribution >= 4 is 0 Å². The third-order valence-electron chi connectivity index (χ3n) is 3.30. The molecule has 0 N–H and O–H groups in total. The summed E-state index contributed by atoms with van der Waals surface area (Å²) in [5.74, 6) is 1.15. The molecule has 0 radical (unpaired) electrons. The fourth-order valence-corrected chi connectivity index (χ4v) is 2.25. The smallest absolute Gasteiger partial charge is 0.249 e. The van der Waals surface area contributed by atoms with Crippen LogP contribution in [0.1, 0.15) is 12.3 Å². The van der Waals surface area contributed by atoms with E-state index < -0.39 is 0 Å². The highest BCUT2D eigenvalue weighted by atomic mass is 16.5. The highest BCUT2D eigenvalue weighted by Gasteiger charge is 2.23. The van der Waals surface area contributed by atoms with Gasteiger partial charge in [-0.15, -0.1) is 10.2 Å². The number of likely N-dealkylation sites (tertiary alicyclic amines) is 1. The monoisotopic (exact) mass is 260 g/mol. The van der Waals surface area contributed by atoms with Crippen molar-refractivity contribution in [1.29, 1.82) is 0 Å². The van der Waals surface area contributed by atoms with E-state index in [0.29, 0.717) is 24.4 Å². The number of nitrogens with zero attached hydrogens (tertiary/aromatic N) is 4. The standard InChI is InChI=1S/C13H16N4O2/c1-18-11-4-6-17(8-11)9-12-15-16-13(19-12)10-3-2-5-14-7-10/h2-3,5,7,11H,4,6,8-9H2,1H3. The summed E-state index contributed by atoms with van der Waals surface area (Å²) in [6.07, 6.45) is 4.81. The molecule has 2 aromatic rings. The number of rotatable bonds is 4. The normalized spacial score (nSPS) is 19.9. The lowest BCUT2D eigenvalue weighted by atomic mass is 10.3. The van der Waals surface area contributed by atoms with E-state index in [1.54, 1.807) is 19.5 Å². The summed E-state index contributed by atoms with van der Waals surface area (Å²) in [6.45, 7) is 2.59. The van der Waals surface area contributed by atoms with Gasteiger partial charge in [-0.1, -0.05) is 0 Å². The predicted octanol–water partition coefficient (Wildman–Crippen LogP) is 1.35. The highest BCUT2D eigenvalue weighted by Crippen LogP contribution is 2.19. The Morgan fingerprint density at radius 3 is 3.16 bits per heavy atom. The molecule has 1 unspecified atom stereocenters. The van der Waals surface area contributed by atoms with Crippen LogP contribution in [-0.4, -0.2) is 46.4 Å². The maximum atomic E-state index is 5.66. The van der Waals surface area contributed by atoms with Gasteiger partial charge in [-0.25, -0.2) is 0 Å². The first-order chi connectivity index (χ1) is 9.35. The molecule has 6 heteroatoms. The van der Waals surface area contributed by atoms with Crippen LogP contribution in [0.5, 0.6) is 0 Å². The fraction of sp³-hybridized carbons (Fsp3) is 0.462. The summed E-state index contributed by atoms with van der Waals surface area (Å²) in [4.78, 5) is 6.30. The molecule has 1 atom stereocenters. The van der Waals surface area contributed by atoms with E-state index in [1.165, 1.54) is 0 Å². The highest BCUT2D eigenvalue weighted by molar-refractivity contribution is 5.49. The van der Waals surface area contributed by atoms with Crippen LogP contribution < -0.4 is 0 Å². The van der Waals surface area contributed by atoms with Gasteiger partial charge in [0.15, 0.2) is 0 Å². The summed E-state index contributed by atoms with van der Waals surface area (Å²) in [7, 11) is 1.75. The molecule has 3 rings (SSSR count). The zero-order valence-electron chi connectivity index (χ0n) is 10.8. The van der Waals surface area contributed by atoms with Crippen LogP contribution in [0.3, 0.4) is 0 Å². The van der Waals surface area contributed by atoms with E-state index in [1.807, 2.05) is 12.1 Å². The van der Waals surface area contributed by atoms with Gasteiger partial charge in [0.2, 0.25) is 11.8 Å². The van der Waals surface area contributed by atoms with E-state index >= 15 is 0 Å². The van der Waals surface area contributed by atoms with E-state index in [4.69, 9.17) is 9.15 Å². The second-order valence-electron chi connectivity index (χ2n) is 4.62. The molecule has 0 amide bonds. The lowest BCUT2D eigenvalue weighted by Crippen LogP contribution is -2.22. The van der Waals surface area contributed by atoms with Crippen LogP contribution >= 0.6 is 0 Å². The summed E-state index contributed by atoms with van der Waals surface area (Å²) < 4.78 is 11.0. The molecule has 0 spiro atoms. The third kappa shape index (κ3) is 2.80. The van der Waals surface area contributed by atoms with Gasteiger partial charge in [-0.05, 0) is 18.6 Å². The van der Waals surface area contributed by atoms with Crippen molar-refractivity contribution in [2.75, 3.05) is 20.2 Å². The molecule has 0 aliphatic carbocycles. The minimum Gasteiger partial charge on any atom is -0.419 e. The maximum Gasteiger partial charge on any atom is 0.249 e. The Balaban J connectivity index is 1.66. The average molecular weight is 260 g/mol. The molecule has 0 aromatic carbocycles. The Kier molecular flexibility index (Phi) is 3.52. The first-order valence-corrected chi connectivity index (χ1v) is 6.33. The number of pyridine rings is 1. The van der Waals surface area contributed by atoms with Crippen molar-refractivity contribution in [1.82, 2.24) is 20.1 Å². The van der Waals surface area contributed by atoms with Crippen LogP contribution in [0.15, 0.2) is 28.9 Å². The van der Waals surface area contributed by atoms with Crippen molar-refractivity contribution < 1.29 is 9.15 Å². The summed E-state index contributed by atoms with van der Waals surface area (Å²) in [5, 5.41) is 8.13. The molecule has 3 heterocycles. The number of hydrogen-bond acceptors (Lipinski definition) is 6. The Morgan fingerprint density at radius 2 is 2.42 bits per heavy atom. The second-order valence-corrected chi connectivity index (χ2v) is 4.62. The largest absolute Gasteiger partial charge is 0.419 e. The Morgan fingerprint density at radius 1 is 1.47 bits per heavy atom. The number of ether oxygens (including phenoxy) is 1. The molecule has 1 aliphatic heterocycles. The molecule has 1 saturated heterocycles. The van der Waals surface area contributed by atoms with Crippen molar-refractivity contribution in [3.8, 4) is 11.5 Å². The lowest BCUT2D eigenvalue weighted by Gasteiger charge is -2.12. The number of aromatic nitrogens is 3. The Bertz CT molecular complexity index is 528. The zero-order chi connectivity index (χ0) is 13.1. The van der Waals surface area contributed by atoms with Crippen molar-refractivity contribution in [3.63, 3.8) is 0 Å². The van der Waals surface area contributed by atoms with Crippen LogP contribution in [0.25, 0.3) is 11.5 Å². The molecular formula is C13H16N4O2. The zero-order valence-corrected chi connectivity index (χ0v) is 10.8. The Labute approximate surface area is 111 Å². The molecule has 1 aliphatic rings. The molecule has 1 fully saturated rings. The van der Waals surface area contributed by atoms with Gasteiger partial charge in [-0.3, -0.25) is 9.88 Å². The van der Waals surface area contributed by atoms with Crippen LogP contribution in [0.2, 0.25) is 0 Å². The first-order valence-electron chi connectivity index (χ1n) is 6.33. The fourth-order valence-electron chi connectivity index (χ4n) is 2.25.